The predicted molar refractivity (Wildman–Crippen MR) is 83.1 cm³/mol. The molecule has 122 valence electrons. The van der Waals surface area contributed by atoms with Gasteiger partial charge in [0.25, 0.3) is 0 Å². The van der Waals surface area contributed by atoms with Gasteiger partial charge in [0.15, 0.2) is 0 Å². The van der Waals surface area contributed by atoms with Crippen LogP contribution >= 0.6 is 0 Å². The van der Waals surface area contributed by atoms with E-state index in [2.05, 4.69) is 5.32 Å². The molecule has 0 aliphatic carbocycles. The molecule has 0 saturated carbocycles. The lowest BCUT2D eigenvalue weighted by molar-refractivity contribution is -0.130. The fourth-order valence-electron chi connectivity index (χ4n) is 2.77. The normalized spacial score (nSPS) is 20.0. The summed E-state index contributed by atoms with van der Waals surface area (Å²) < 4.78 is 5.42. The Morgan fingerprint density at radius 1 is 1.50 bits per heavy atom. The van der Waals surface area contributed by atoms with Crippen LogP contribution in [0.15, 0.2) is 22.8 Å². The summed E-state index contributed by atoms with van der Waals surface area (Å²) in [5, 5.41) is 2.95. The molecule has 0 bridgehead atoms. The van der Waals surface area contributed by atoms with Crippen molar-refractivity contribution in [2.24, 2.45) is 5.92 Å². The van der Waals surface area contributed by atoms with Crippen LogP contribution < -0.4 is 5.32 Å². The molecule has 1 aliphatic heterocycles. The van der Waals surface area contributed by atoms with Gasteiger partial charge in [-0.2, -0.15) is 0 Å². The first-order valence-corrected chi connectivity index (χ1v) is 7.67. The number of likely N-dealkylation sites (tertiary alicyclic amines) is 1. The number of likely N-dealkylation sites (N-methyl/N-ethyl adjacent to an activating group) is 1. The van der Waals surface area contributed by atoms with E-state index in [4.69, 9.17) is 4.42 Å². The number of rotatable bonds is 6. The maximum atomic E-state index is 12.3. The topological polar surface area (TPSA) is 65.8 Å². The number of amides is 2. The Balaban J connectivity index is 1.91. The number of nitrogens with zero attached hydrogens (tertiary/aromatic N) is 2. The summed E-state index contributed by atoms with van der Waals surface area (Å²) in [5.74, 6) is 0.561. The van der Waals surface area contributed by atoms with Crippen molar-refractivity contribution in [1.29, 1.82) is 0 Å². The molecule has 1 aromatic heterocycles. The summed E-state index contributed by atoms with van der Waals surface area (Å²) in [5.41, 5.74) is 0. The van der Waals surface area contributed by atoms with E-state index in [1.54, 1.807) is 11.2 Å². The summed E-state index contributed by atoms with van der Waals surface area (Å²) >= 11 is 0. The second-order valence-corrected chi connectivity index (χ2v) is 6.28. The number of hydrogen-bond donors (Lipinski definition) is 1. The van der Waals surface area contributed by atoms with Crippen LogP contribution in [-0.2, 0) is 9.59 Å². The van der Waals surface area contributed by atoms with Crippen LogP contribution in [-0.4, -0.2) is 54.8 Å². The predicted octanol–water partition coefficient (Wildman–Crippen LogP) is 1.26. The second-order valence-electron chi connectivity index (χ2n) is 6.28. The Kier molecular flexibility index (Phi) is 5.24. The molecule has 6 nitrogen and oxygen atoms in total. The van der Waals surface area contributed by atoms with Crippen LogP contribution in [0.3, 0.4) is 0 Å². The molecule has 2 rings (SSSR count). The Labute approximate surface area is 131 Å². The monoisotopic (exact) mass is 307 g/mol. The number of hydrogen-bond acceptors (Lipinski definition) is 4. The van der Waals surface area contributed by atoms with Gasteiger partial charge >= 0.3 is 0 Å². The number of carbonyl (C=O) groups is 2. The highest BCUT2D eigenvalue weighted by molar-refractivity contribution is 5.89. The second kappa shape index (κ2) is 6.96. The first-order chi connectivity index (χ1) is 10.4. The van der Waals surface area contributed by atoms with Crippen molar-refractivity contribution in [3.63, 3.8) is 0 Å². The average Bonchev–Trinajstić information content (AvgIpc) is 3.07. The first-order valence-electron chi connectivity index (χ1n) is 7.67. The third-order valence-corrected chi connectivity index (χ3v) is 4.12. The van der Waals surface area contributed by atoms with Crippen molar-refractivity contribution in [2.45, 2.75) is 32.4 Å². The molecular formula is C16H25N3O3. The molecular weight excluding hydrogens is 282 g/mol. The van der Waals surface area contributed by atoms with Crippen molar-refractivity contribution in [1.82, 2.24) is 15.1 Å². The highest BCUT2D eigenvalue weighted by Gasteiger charge is 2.35. The quantitative estimate of drug-likeness (QED) is 0.859. The van der Waals surface area contributed by atoms with Gasteiger partial charge < -0.3 is 14.6 Å². The Morgan fingerprint density at radius 3 is 2.73 bits per heavy atom. The molecule has 2 atom stereocenters. The molecule has 1 saturated heterocycles. The molecule has 6 heteroatoms. The van der Waals surface area contributed by atoms with Gasteiger partial charge in [0.1, 0.15) is 5.76 Å². The zero-order valence-electron chi connectivity index (χ0n) is 13.7. The summed E-state index contributed by atoms with van der Waals surface area (Å²) in [6.45, 7) is 4.91. The van der Waals surface area contributed by atoms with E-state index < -0.39 is 0 Å². The van der Waals surface area contributed by atoms with Crippen LogP contribution in [0.1, 0.15) is 32.1 Å². The van der Waals surface area contributed by atoms with Crippen molar-refractivity contribution < 1.29 is 14.0 Å². The van der Waals surface area contributed by atoms with Crippen LogP contribution in [0, 0.1) is 5.92 Å². The molecule has 2 amide bonds. The van der Waals surface area contributed by atoms with E-state index in [0.29, 0.717) is 19.5 Å². The molecule has 0 radical (unpaired) electrons. The van der Waals surface area contributed by atoms with Gasteiger partial charge in [-0.25, -0.2) is 0 Å². The van der Waals surface area contributed by atoms with Crippen LogP contribution in [0.2, 0.25) is 0 Å². The zero-order chi connectivity index (χ0) is 16.3. The minimum atomic E-state index is -0.255. The van der Waals surface area contributed by atoms with Gasteiger partial charge in [0.2, 0.25) is 11.8 Å². The van der Waals surface area contributed by atoms with Crippen LogP contribution in [0.4, 0.5) is 0 Å². The SMILES string of the molecule is CC(C)N1C[C@H](C(=O)NC[C@@H](c2ccco2)N(C)C)CC1=O. The summed E-state index contributed by atoms with van der Waals surface area (Å²) in [4.78, 5) is 28.0. The molecule has 22 heavy (non-hydrogen) atoms. The third kappa shape index (κ3) is 3.68. The summed E-state index contributed by atoms with van der Waals surface area (Å²) in [6.07, 6.45) is 1.93. The molecule has 1 aliphatic rings. The van der Waals surface area contributed by atoms with Crippen molar-refractivity contribution in [3.8, 4) is 0 Å². The number of furan rings is 1. The van der Waals surface area contributed by atoms with Crippen LogP contribution in [0.25, 0.3) is 0 Å². The van der Waals surface area contributed by atoms with Gasteiger partial charge in [-0.1, -0.05) is 0 Å². The molecule has 0 aromatic carbocycles. The summed E-state index contributed by atoms with van der Waals surface area (Å²) in [7, 11) is 3.89. The smallest absolute Gasteiger partial charge is 0.225 e. The summed E-state index contributed by atoms with van der Waals surface area (Å²) in [6, 6.07) is 3.86. The maximum absolute atomic E-state index is 12.3. The van der Waals surface area contributed by atoms with Gasteiger partial charge in [-0.05, 0) is 40.1 Å². The fraction of sp³-hybridized carbons (Fsp3) is 0.625. The third-order valence-electron chi connectivity index (χ3n) is 4.12. The molecule has 1 aromatic rings. The van der Waals surface area contributed by atoms with Gasteiger partial charge in [0, 0.05) is 25.6 Å². The fourth-order valence-corrected chi connectivity index (χ4v) is 2.77. The highest BCUT2D eigenvalue weighted by atomic mass is 16.3. The zero-order valence-corrected chi connectivity index (χ0v) is 13.7. The van der Waals surface area contributed by atoms with E-state index in [9.17, 15) is 9.59 Å². The van der Waals surface area contributed by atoms with Crippen molar-refractivity contribution >= 4 is 11.8 Å². The average molecular weight is 307 g/mol. The van der Waals surface area contributed by atoms with Gasteiger partial charge in [-0.15, -0.1) is 0 Å². The Morgan fingerprint density at radius 2 is 2.23 bits per heavy atom. The molecule has 1 fully saturated rings. The molecule has 0 spiro atoms. The molecule has 1 N–H and O–H groups in total. The van der Waals surface area contributed by atoms with E-state index >= 15 is 0 Å². The van der Waals surface area contributed by atoms with Crippen LogP contribution in [0.5, 0.6) is 0 Å². The van der Waals surface area contributed by atoms with Gasteiger partial charge in [-0.3, -0.25) is 14.5 Å². The van der Waals surface area contributed by atoms with E-state index in [0.717, 1.165) is 5.76 Å². The first kappa shape index (κ1) is 16.5. The number of carbonyl (C=O) groups excluding carboxylic acids is 2. The molecule has 2 heterocycles. The number of nitrogens with one attached hydrogen (secondary N) is 1. The van der Waals surface area contributed by atoms with E-state index in [1.165, 1.54) is 0 Å². The standard InChI is InChI=1S/C16H25N3O3/c1-11(2)19-10-12(8-15(19)20)16(21)17-9-13(18(3)4)14-6-5-7-22-14/h5-7,11-13H,8-10H2,1-4H3,(H,17,21)/t12-,13+/m1/s1. The van der Waals surface area contributed by atoms with Gasteiger partial charge in [0.05, 0.1) is 18.2 Å². The Bertz CT molecular complexity index is 511. The van der Waals surface area contributed by atoms with Crippen molar-refractivity contribution in [3.05, 3.63) is 24.2 Å². The minimum absolute atomic E-state index is 0.0164. The largest absolute Gasteiger partial charge is 0.468 e. The van der Waals surface area contributed by atoms with Crippen molar-refractivity contribution in [2.75, 3.05) is 27.2 Å². The van der Waals surface area contributed by atoms with E-state index in [-0.39, 0.29) is 29.8 Å². The maximum Gasteiger partial charge on any atom is 0.225 e. The minimum Gasteiger partial charge on any atom is -0.468 e. The lowest BCUT2D eigenvalue weighted by Gasteiger charge is -2.24. The lowest BCUT2D eigenvalue weighted by atomic mass is 10.1. The lowest BCUT2D eigenvalue weighted by Crippen LogP contribution is -2.39. The highest BCUT2D eigenvalue weighted by Crippen LogP contribution is 2.21. The molecule has 0 unspecified atom stereocenters. The van der Waals surface area contributed by atoms with E-state index in [1.807, 2.05) is 45.0 Å². The Hall–Kier alpha value is -1.82.